The molecule has 3 saturated heterocycles. The van der Waals surface area contributed by atoms with Crippen LogP contribution >= 0.6 is 0 Å². The van der Waals surface area contributed by atoms with Crippen LogP contribution in [0, 0.1) is 5.92 Å². The maximum absolute atomic E-state index is 13.2. The molecule has 6 rings (SSSR count). The van der Waals surface area contributed by atoms with Crippen molar-refractivity contribution >= 4 is 29.6 Å². The number of piperidine rings is 3. The number of nitrogens with one attached hydrogen (secondary N) is 1. The van der Waals surface area contributed by atoms with Crippen molar-refractivity contribution in [2.75, 3.05) is 26.7 Å². The van der Waals surface area contributed by atoms with Gasteiger partial charge in [0.2, 0.25) is 11.8 Å². The molecular weight excluding hydrogens is 575 g/mol. The fourth-order valence-corrected chi connectivity index (χ4v) is 6.17. The predicted octanol–water partition coefficient (Wildman–Crippen LogP) is 1.22. The van der Waals surface area contributed by atoms with Crippen molar-refractivity contribution in [3.8, 4) is 5.69 Å². The van der Waals surface area contributed by atoms with Crippen LogP contribution < -0.4 is 5.32 Å². The summed E-state index contributed by atoms with van der Waals surface area (Å²) in [5, 5.41) is 17.7. The molecule has 4 aliphatic heterocycles. The summed E-state index contributed by atoms with van der Waals surface area (Å²) in [6, 6.07) is 5.27. The lowest BCUT2D eigenvalue weighted by Crippen LogP contribution is -2.53. The molecule has 0 spiro atoms. The first-order valence-electron chi connectivity index (χ1n) is 13.8. The molecule has 3 fully saturated rings. The summed E-state index contributed by atoms with van der Waals surface area (Å²) in [4.78, 5) is 64.8. The highest BCUT2D eigenvalue weighted by atomic mass is 19.4. The highest BCUT2D eigenvalue weighted by molar-refractivity contribution is 6.05. The Balaban J connectivity index is 0.000000472. The summed E-state index contributed by atoms with van der Waals surface area (Å²) >= 11 is 0. The van der Waals surface area contributed by atoms with Crippen molar-refractivity contribution in [2.24, 2.45) is 5.92 Å². The summed E-state index contributed by atoms with van der Waals surface area (Å²) in [5.74, 6) is -3.38. The molecule has 0 aliphatic carbocycles. The second-order valence-electron chi connectivity index (χ2n) is 11.1. The van der Waals surface area contributed by atoms with E-state index in [1.807, 2.05) is 17.0 Å². The van der Waals surface area contributed by atoms with Gasteiger partial charge in [0, 0.05) is 37.7 Å². The molecule has 2 N–H and O–H groups in total. The Labute approximate surface area is 243 Å². The van der Waals surface area contributed by atoms with Gasteiger partial charge in [-0.05, 0) is 62.9 Å². The molecule has 16 heteroatoms. The number of carboxylic acid groups (broad SMARTS) is 1. The number of fused-ring (bicyclic) bond motifs is 2. The quantitative estimate of drug-likeness (QED) is 0.491. The number of carboxylic acids is 1. The van der Waals surface area contributed by atoms with E-state index in [1.54, 1.807) is 12.3 Å². The average Bonchev–Trinajstić information content (AvgIpc) is 3.57. The zero-order valence-corrected chi connectivity index (χ0v) is 23.2. The molecule has 5 heterocycles. The van der Waals surface area contributed by atoms with Crippen LogP contribution in [0.1, 0.15) is 58.5 Å². The Morgan fingerprint density at radius 3 is 2.53 bits per heavy atom. The van der Waals surface area contributed by atoms with Gasteiger partial charge < -0.3 is 19.8 Å². The Hall–Kier alpha value is -4.34. The largest absolute Gasteiger partial charge is 0.490 e. The monoisotopic (exact) mass is 605 g/mol. The molecule has 3 atom stereocenters. The molecule has 2 aromatic rings. The van der Waals surface area contributed by atoms with Crippen LogP contribution in [-0.2, 0) is 20.9 Å². The van der Waals surface area contributed by atoms with E-state index in [4.69, 9.17) is 9.90 Å². The van der Waals surface area contributed by atoms with Gasteiger partial charge in [0.15, 0.2) is 5.69 Å². The molecule has 230 valence electrons. The average molecular weight is 606 g/mol. The van der Waals surface area contributed by atoms with E-state index in [1.165, 1.54) is 9.58 Å². The van der Waals surface area contributed by atoms with E-state index < -0.39 is 24.1 Å². The molecule has 0 radical (unpaired) electrons. The number of carbonyl (C=O) groups excluding carboxylic acids is 4. The third-order valence-corrected chi connectivity index (χ3v) is 8.36. The van der Waals surface area contributed by atoms with Crippen LogP contribution in [0.25, 0.3) is 5.69 Å². The van der Waals surface area contributed by atoms with Crippen molar-refractivity contribution in [1.29, 1.82) is 0 Å². The topological polar surface area (TPSA) is 158 Å². The van der Waals surface area contributed by atoms with E-state index >= 15 is 0 Å². The number of benzene rings is 1. The molecule has 3 unspecified atom stereocenters. The third-order valence-electron chi connectivity index (χ3n) is 8.36. The van der Waals surface area contributed by atoms with E-state index in [2.05, 4.69) is 27.6 Å². The van der Waals surface area contributed by atoms with Crippen LogP contribution in [0.3, 0.4) is 0 Å². The number of carbonyl (C=O) groups is 5. The number of aromatic nitrogens is 3. The number of hydrogen-bond donors (Lipinski definition) is 2. The number of nitrogens with zero attached hydrogens (tertiary/aromatic N) is 6. The Bertz CT molecular complexity index is 1460. The zero-order valence-electron chi connectivity index (χ0n) is 23.2. The summed E-state index contributed by atoms with van der Waals surface area (Å²) < 4.78 is 33.2. The summed E-state index contributed by atoms with van der Waals surface area (Å²) in [7, 11) is 2.17. The lowest BCUT2D eigenvalue weighted by Gasteiger charge is -2.45. The van der Waals surface area contributed by atoms with E-state index in [-0.39, 0.29) is 29.8 Å². The third kappa shape index (κ3) is 6.23. The Morgan fingerprint density at radius 1 is 1.09 bits per heavy atom. The van der Waals surface area contributed by atoms with Gasteiger partial charge in [-0.15, -0.1) is 5.10 Å². The lowest BCUT2D eigenvalue weighted by molar-refractivity contribution is -0.192. The highest BCUT2D eigenvalue weighted by Gasteiger charge is 2.40. The van der Waals surface area contributed by atoms with Crippen molar-refractivity contribution in [1.82, 2.24) is 35.0 Å². The summed E-state index contributed by atoms with van der Waals surface area (Å²) in [6.45, 7) is 2.89. The van der Waals surface area contributed by atoms with Gasteiger partial charge in [-0.1, -0.05) is 11.3 Å². The fraction of sp³-hybridized carbons (Fsp3) is 0.519. The van der Waals surface area contributed by atoms with Crippen molar-refractivity contribution in [2.45, 2.75) is 56.9 Å². The van der Waals surface area contributed by atoms with Gasteiger partial charge in [-0.25, -0.2) is 9.48 Å². The summed E-state index contributed by atoms with van der Waals surface area (Å²) in [5.41, 5.74) is 2.20. The minimum Gasteiger partial charge on any atom is -0.475 e. The van der Waals surface area contributed by atoms with Crippen LogP contribution in [0.4, 0.5) is 13.2 Å². The lowest BCUT2D eigenvalue weighted by atomic mass is 9.84. The molecule has 4 aliphatic rings. The smallest absolute Gasteiger partial charge is 0.475 e. The van der Waals surface area contributed by atoms with Crippen LogP contribution in [0.2, 0.25) is 0 Å². The first-order valence-corrected chi connectivity index (χ1v) is 13.8. The number of alkyl halides is 3. The van der Waals surface area contributed by atoms with E-state index in [9.17, 15) is 32.3 Å². The predicted molar refractivity (Wildman–Crippen MR) is 141 cm³/mol. The van der Waals surface area contributed by atoms with Gasteiger partial charge in [-0.3, -0.25) is 24.5 Å². The van der Waals surface area contributed by atoms with Gasteiger partial charge in [0.25, 0.3) is 11.8 Å². The van der Waals surface area contributed by atoms with E-state index in [0.717, 1.165) is 37.9 Å². The number of imide groups is 1. The number of likely N-dealkylation sites (tertiary alicyclic amines) is 2. The molecule has 4 amide bonds. The Morgan fingerprint density at radius 2 is 1.84 bits per heavy atom. The molecular formula is C27H30F3N7O6. The normalized spacial score (nSPS) is 24.1. The minimum atomic E-state index is -5.08. The minimum absolute atomic E-state index is 0.116. The van der Waals surface area contributed by atoms with Gasteiger partial charge in [0.1, 0.15) is 6.04 Å². The number of aliphatic carboxylic acids is 1. The van der Waals surface area contributed by atoms with Crippen LogP contribution in [-0.4, -0.2) is 109 Å². The molecule has 43 heavy (non-hydrogen) atoms. The first-order chi connectivity index (χ1) is 20.3. The molecule has 1 aromatic heterocycles. The van der Waals surface area contributed by atoms with Gasteiger partial charge >= 0.3 is 12.1 Å². The number of halogens is 3. The summed E-state index contributed by atoms with van der Waals surface area (Å²) in [6.07, 6.45) is 0.337. The number of hydrogen-bond acceptors (Lipinski definition) is 8. The molecule has 1 aromatic carbocycles. The van der Waals surface area contributed by atoms with Crippen LogP contribution in [0.15, 0.2) is 24.4 Å². The molecule has 0 saturated carbocycles. The van der Waals surface area contributed by atoms with Gasteiger partial charge in [-0.2, -0.15) is 13.2 Å². The van der Waals surface area contributed by atoms with Crippen molar-refractivity contribution in [3.63, 3.8) is 0 Å². The van der Waals surface area contributed by atoms with Crippen molar-refractivity contribution in [3.05, 3.63) is 41.2 Å². The molecule has 13 nitrogen and oxygen atoms in total. The number of rotatable bonds is 3. The van der Waals surface area contributed by atoms with Crippen molar-refractivity contribution < 1.29 is 42.3 Å². The highest BCUT2D eigenvalue weighted by Crippen LogP contribution is 2.31. The van der Waals surface area contributed by atoms with Gasteiger partial charge in [0.05, 0.1) is 11.9 Å². The second-order valence-corrected chi connectivity index (χ2v) is 11.1. The fourth-order valence-electron chi connectivity index (χ4n) is 6.17. The number of amides is 4. The van der Waals surface area contributed by atoms with Crippen LogP contribution in [0.5, 0.6) is 0 Å². The maximum atomic E-state index is 13.2. The standard InChI is InChI=1S/C25H29N7O4.C2HF3O2/c1-29-9-2-3-16-12-30(10-8-20(16)29)25(36)19-14-32(28-27-19)17-5-4-15-13-31(24(35)18(15)11-17)21-6-7-22(33)26-23(21)34;3-2(4,5)1(6)7/h4-5,11,14,16,20-21H,2-3,6-10,12-13H2,1H3,(H,26,33,34);(H,6,7). The SMILES string of the molecule is CN1CCCC2CN(C(=O)c3cn(-c4ccc5c(c4)C(=O)N(C4CCC(=O)NC4=O)C5)nn3)CCC21.O=C(O)C(F)(F)F. The van der Waals surface area contributed by atoms with E-state index in [0.29, 0.717) is 42.7 Å². The second kappa shape index (κ2) is 11.7. The Kier molecular flexibility index (Phi) is 8.23. The molecule has 0 bridgehead atoms. The zero-order chi connectivity index (χ0) is 31.1. The first kappa shape index (κ1) is 30.1. The maximum Gasteiger partial charge on any atom is 0.490 e.